The molecule has 21 rings (SSSR count). The van der Waals surface area contributed by atoms with Crippen LogP contribution in [0.3, 0.4) is 0 Å². The number of hydrogen-bond donors (Lipinski definition) is 0. The minimum Gasteiger partial charge on any atom is -0.309 e. The van der Waals surface area contributed by atoms with Crippen molar-refractivity contribution in [2.75, 3.05) is 0 Å². The third-order valence-corrected chi connectivity index (χ3v) is 21.4. The van der Waals surface area contributed by atoms with Gasteiger partial charge in [-0.3, -0.25) is 4.57 Å². The van der Waals surface area contributed by atoms with Crippen LogP contribution in [0.5, 0.6) is 0 Å². The fourth-order valence-corrected chi connectivity index (χ4v) is 16.0. The number of pyridine rings is 3. The van der Waals surface area contributed by atoms with Crippen molar-refractivity contribution in [3.63, 3.8) is 0 Å². The molecule has 2 radical (unpaired) electrons. The van der Waals surface area contributed by atoms with Gasteiger partial charge in [-0.2, -0.15) is 34.9 Å². The number of aryl methyl sites for hydroxylation is 6. The maximum Gasteiger partial charge on any atom is 0.213 e. The van der Waals surface area contributed by atoms with Crippen LogP contribution in [0, 0.1) is 59.7 Å². The van der Waals surface area contributed by atoms with E-state index in [2.05, 4.69) is 347 Å². The maximum atomic E-state index is 4.47. The van der Waals surface area contributed by atoms with Crippen LogP contribution in [-0.4, -0.2) is 28.7 Å². The van der Waals surface area contributed by atoms with Gasteiger partial charge in [0.15, 0.2) is 6.54 Å². The zero-order valence-electron chi connectivity index (χ0n) is 65.4. The molecule has 7 heterocycles. The third-order valence-electron chi connectivity index (χ3n) is 21.4. The van der Waals surface area contributed by atoms with E-state index in [1.165, 1.54) is 144 Å². The molecule has 20 aromatic rings. The van der Waals surface area contributed by atoms with E-state index in [1.807, 2.05) is 123 Å². The SMILES string of the molecule is Cc1cc(C)c2c(c1)-c1ccc3ccccc3[n+]1C2.Cc1ccc(-n2cncc2-c2c(C)cccc2C)c(-c2c[c-]ccc2)c1.Cc1cccc(-c2[c-]cccc2)n1.[Ir].[Ir].[c-]1ccc(-c2ccccc2)cc1-c1ccccn1.c1cc(-c2cccc(-n3c4ccccc4c4ccccc43)c2)cc(-n2c3ccccc3c3ccccc32)c1. The van der Waals surface area contributed by atoms with Crippen molar-refractivity contribution in [3.05, 3.63) is 440 Å². The van der Waals surface area contributed by atoms with E-state index in [0.717, 1.165) is 51.7 Å². The first-order valence-corrected chi connectivity index (χ1v) is 38.8. The molecule has 6 aromatic heterocycles. The van der Waals surface area contributed by atoms with Gasteiger partial charge in [0, 0.05) is 119 Å². The van der Waals surface area contributed by atoms with Crippen LogP contribution < -0.4 is 4.57 Å². The summed E-state index contributed by atoms with van der Waals surface area (Å²) < 4.78 is 9.39. The van der Waals surface area contributed by atoms with E-state index < -0.39 is 0 Å². The molecule has 9 heteroatoms. The van der Waals surface area contributed by atoms with Gasteiger partial charge in [-0.05, 0) is 182 Å². The van der Waals surface area contributed by atoms with Gasteiger partial charge in [0.2, 0.25) is 11.2 Å². The number of aromatic nitrogens is 7. The summed E-state index contributed by atoms with van der Waals surface area (Å²) in [5.41, 5.74) is 35.0. The topological polar surface area (TPSA) is 57.3 Å². The largest absolute Gasteiger partial charge is 0.309 e. The summed E-state index contributed by atoms with van der Waals surface area (Å²) >= 11 is 0. The number of para-hydroxylation sites is 5. The Morgan fingerprint density at radius 3 is 1.56 bits per heavy atom. The van der Waals surface area contributed by atoms with E-state index in [4.69, 9.17) is 0 Å². The zero-order valence-corrected chi connectivity index (χ0v) is 70.2. The van der Waals surface area contributed by atoms with Crippen LogP contribution in [-0.2, 0) is 46.8 Å². The van der Waals surface area contributed by atoms with Gasteiger partial charge >= 0.3 is 0 Å². The van der Waals surface area contributed by atoms with Crippen molar-refractivity contribution >= 4 is 54.5 Å². The van der Waals surface area contributed by atoms with Gasteiger partial charge < -0.3 is 19.1 Å². The van der Waals surface area contributed by atoms with Crippen molar-refractivity contribution in [2.24, 2.45) is 0 Å². The Bertz CT molecular complexity index is 6510. The molecule has 116 heavy (non-hydrogen) atoms. The average molecular weight is 1850 g/mol. The molecule has 0 amide bonds. The van der Waals surface area contributed by atoms with Crippen molar-refractivity contribution in [2.45, 2.75) is 48.1 Å². The van der Waals surface area contributed by atoms with Gasteiger partial charge in [0.05, 0.1) is 45.8 Å². The van der Waals surface area contributed by atoms with Crippen LogP contribution in [0.1, 0.15) is 39.1 Å². The Kier molecular flexibility index (Phi) is 23.9. The quantitative estimate of drug-likeness (QED) is 0.107. The van der Waals surface area contributed by atoms with Gasteiger partial charge in [-0.25, -0.2) is 4.98 Å². The summed E-state index contributed by atoms with van der Waals surface area (Å²) in [6.45, 7) is 13.8. The molecular formula is C107H83Ir2N7-2. The van der Waals surface area contributed by atoms with Crippen molar-refractivity contribution in [3.8, 4) is 95.5 Å². The molecule has 1 aliphatic rings. The first kappa shape index (κ1) is 78.2. The van der Waals surface area contributed by atoms with E-state index in [-0.39, 0.29) is 40.2 Å². The van der Waals surface area contributed by atoms with Crippen LogP contribution in [0.25, 0.3) is 150 Å². The Labute approximate surface area is 706 Å². The fraction of sp³-hybridized carbons (Fsp3) is 0.0654. The summed E-state index contributed by atoms with van der Waals surface area (Å²) in [6, 6.07) is 137. The second-order valence-electron chi connectivity index (χ2n) is 29.1. The molecule has 7 nitrogen and oxygen atoms in total. The van der Waals surface area contributed by atoms with Crippen molar-refractivity contribution in [1.29, 1.82) is 0 Å². The maximum absolute atomic E-state index is 4.47. The molecule has 0 fully saturated rings. The normalized spacial score (nSPS) is 11.0. The van der Waals surface area contributed by atoms with Gasteiger partial charge in [0.1, 0.15) is 0 Å². The second-order valence-corrected chi connectivity index (χ2v) is 29.1. The summed E-state index contributed by atoms with van der Waals surface area (Å²) in [5.74, 6) is 0. The molecule has 0 spiro atoms. The van der Waals surface area contributed by atoms with Crippen LogP contribution in [0.2, 0.25) is 0 Å². The number of benzene rings is 14. The molecule has 0 aliphatic carbocycles. The monoisotopic (exact) mass is 1850 g/mol. The molecule has 1 aliphatic heterocycles. The Morgan fingerprint density at radius 1 is 0.379 bits per heavy atom. The Morgan fingerprint density at radius 2 is 0.940 bits per heavy atom. The molecule has 0 atom stereocenters. The molecule has 14 aromatic carbocycles. The van der Waals surface area contributed by atoms with E-state index in [1.54, 1.807) is 6.20 Å². The molecule has 0 unspecified atom stereocenters. The van der Waals surface area contributed by atoms with Gasteiger partial charge in [-0.15, -0.1) is 76.9 Å². The molecule has 566 valence electrons. The minimum atomic E-state index is 0. The predicted molar refractivity (Wildman–Crippen MR) is 473 cm³/mol. The standard InChI is InChI=1S/C36H24N2.C24H21N2.C18H16N.C17H12N.C12H10N.2Ir/c1-5-19-33-29(15-1)30-16-2-6-20-34(30)37(33)27-13-9-11-25(23-27)26-12-10-14-28(24-26)38-35-21-7-3-17-31(35)32-18-4-8-22-36(32)38;1-17-12-13-22(21(14-17)20-10-5-4-6-11-20)26-16-25-15-23(26)24-18(2)8-7-9-19(24)3;1-12-9-13(2)16-11-19-17-6-4-3-5-14(17)7-8-18(19)15(16)10-12;1-2-7-14(8-3-1)15-9-6-10-16(13-15)17-11-4-5-12-18-17;1-10-6-5-9-12(13-10)11-7-3-2-4-8-11;;/h1-24H;4-5,7-16H,1-3H3;3-10H,11H2,1-2H3;1-9,11-13H;2-7,9H,1H3;;/q;-1;+1;2*-1;;. The van der Waals surface area contributed by atoms with Gasteiger partial charge in [-0.1, -0.05) is 206 Å². The van der Waals surface area contributed by atoms with Crippen molar-refractivity contribution < 1.29 is 44.8 Å². The molecule has 0 saturated heterocycles. The van der Waals surface area contributed by atoms with E-state index in [9.17, 15) is 0 Å². The smallest absolute Gasteiger partial charge is 0.213 e. The number of rotatable bonds is 9. The van der Waals surface area contributed by atoms with Crippen molar-refractivity contribution in [1.82, 2.24) is 28.7 Å². The number of nitrogens with zero attached hydrogens (tertiary/aromatic N) is 7. The molecule has 0 N–H and O–H groups in total. The van der Waals surface area contributed by atoms with Gasteiger partial charge in [0.25, 0.3) is 0 Å². The van der Waals surface area contributed by atoms with E-state index >= 15 is 0 Å². The predicted octanol–water partition coefficient (Wildman–Crippen LogP) is 26.3. The Hall–Kier alpha value is -13.1. The fourth-order valence-electron chi connectivity index (χ4n) is 16.0. The van der Waals surface area contributed by atoms with Crippen LogP contribution in [0.15, 0.2) is 383 Å². The number of hydrogen-bond acceptors (Lipinski definition) is 3. The third kappa shape index (κ3) is 16.4. The van der Waals surface area contributed by atoms with Crippen LogP contribution >= 0.6 is 0 Å². The summed E-state index contributed by atoms with van der Waals surface area (Å²) in [6.07, 6.45) is 5.66. The summed E-state index contributed by atoms with van der Waals surface area (Å²) in [7, 11) is 0. The number of imidazole rings is 1. The Balaban J connectivity index is 0.000000119. The first-order valence-electron chi connectivity index (χ1n) is 38.8. The molecule has 0 bridgehead atoms. The first-order chi connectivity index (χ1) is 56.0. The van der Waals surface area contributed by atoms with Crippen LogP contribution in [0.4, 0.5) is 0 Å². The summed E-state index contributed by atoms with van der Waals surface area (Å²) in [5, 5.41) is 6.43. The molecular weight excluding hydrogens is 1770 g/mol. The second kappa shape index (κ2) is 35.5. The zero-order chi connectivity index (χ0) is 77.4. The average Bonchev–Trinajstić information content (AvgIpc) is 1.60. The molecule has 0 saturated carbocycles. The summed E-state index contributed by atoms with van der Waals surface area (Å²) in [4.78, 5) is 13.2. The van der Waals surface area contributed by atoms with E-state index in [0.29, 0.717) is 0 Å². The minimum absolute atomic E-state index is 0. The number of fused-ring (bicyclic) bond motifs is 11.